The molecule has 0 fully saturated rings. The smallest absolute Gasteiger partial charge is 0.339 e. The Hall–Kier alpha value is -1.69. The van der Waals surface area contributed by atoms with Crippen LogP contribution in [0, 0.1) is 0 Å². The maximum Gasteiger partial charge on any atom is 0.339 e. The second-order valence-electron chi connectivity index (χ2n) is 4.03. The zero-order valence-electron chi connectivity index (χ0n) is 10.7. The second kappa shape index (κ2) is 5.52. The molecule has 100 valence electrons. The number of carboxylic acid groups (broad SMARTS) is 1. The minimum Gasteiger partial charge on any atom is -0.478 e. The highest BCUT2D eigenvalue weighted by Gasteiger charge is 2.22. The maximum atomic E-state index is 11.4. The lowest BCUT2D eigenvalue weighted by Gasteiger charge is -2.05. The monoisotopic (exact) mass is 323 g/mol. The van der Waals surface area contributed by atoms with Crippen LogP contribution >= 0.6 is 15.9 Å². The topological polar surface area (TPSA) is 68.0 Å². The zero-order valence-corrected chi connectivity index (χ0v) is 12.3. The molecule has 0 saturated heterocycles. The third-order valence-electron chi connectivity index (χ3n) is 2.87. The highest BCUT2D eigenvalue weighted by molar-refractivity contribution is 9.10. The van der Waals surface area contributed by atoms with E-state index in [1.807, 2.05) is 19.9 Å². The zero-order chi connectivity index (χ0) is 14.0. The molecule has 0 atom stereocenters. The number of carboxylic acids is 1. The first-order valence-corrected chi connectivity index (χ1v) is 6.83. The molecule has 0 aromatic carbocycles. The Morgan fingerprint density at radius 3 is 2.58 bits per heavy atom. The van der Waals surface area contributed by atoms with E-state index in [1.165, 1.54) is 0 Å². The Morgan fingerprint density at radius 2 is 2.11 bits per heavy atom. The van der Waals surface area contributed by atoms with Crippen molar-refractivity contribution in [3.05, 3.63) is 39.8 Å². The van der Waals surface area contributed by atoms with Crippen LogP contribution in [0.2, 0.25) is 0 Å². The van der Waals surface area contributed by atoms with Crippen molar-refractivity contribution >= 4 is 21.9 Å². The van der Waals surface area contributed by atoms with Crippen molar-refractivity contribution in [3.8, 4) is 5.82 Å². The molecule has 2 rings (SSSR count). The number of carbonyl (C=O) groups is 1. The summed E-state index contributed by atoms with van der Waals surface area (Å²) in [6.45, 7) is 3.81. The molecule has 0 aliphatic heterocycles. The average molecular weight is 324 g/mol. The highest BCUT2D eigenvalue weighted by Crippen LogP contribution is 2.20. The number of aromatic carboxylic acids is 1. The minimum absolute atomic E-state index is 0.301. The molecule has 0 amide bonds. The van der Waals surface area contributed by atoms with Crippen LogP contribution in [0.4, 0.5) is 0 Å². The quantitative estimate of drug-likeness (QED) is 0.939. The summed E-state index contributed by atoms with van der Waals surface area (Å²) >= 11 is 3.32. The van der Waals surface area contributed by atoms with Crippen molar-refractivity contribution in [3.63, 3.8) is 0 Å². The number of rotatable bonds is 4. The molecule has 2 aromatic rings. The van der Waals surface area contributed by atoms with Gasteiger partial charge in [0.1, 0.15) is 5.56 Å². The molecule has 2 aromatic heterocycles. The van der Waals surface area contributed by atoms with E-state index in [4.69, 9.17) is 0 Å². The van der Waals surface area contributed by atoms with Gasteiger partial charge in [-0.1, -0.05) is 13.8 Å². The summed E-state index contributed by atoms with van der Waals surface area (Å²) in [6, 6.07) is 3.66. The van der Waals surface area contributed by atoms with Crippen LogP contribution in [0.25, 0.3) is 5.82 Å². The van der Waals surface area contributed by atoms with Crippen LogP contribution in [0.5, 0.6) is 0 Å². The summed E-state index contributed by atoms with van der Waals surface area (Å²) in [5, 5.41) is 13.7. The third-order valence-corrected chi connectivity index (χ3v) is 3.34. The lowest BCUT2D eigenvalue weighted by Crippen LogP contribution is -2.07. The van der Waals surface area contributed by atoms with E-state index in [-0.39, 0.29) is 0 Å². The van der Waals surface area contributed by atoms with Crippen LogP contribution in [0.1, 0.15) is 35.6 Å². The van der Waals surface area contributed by atoms with Crippen molar-refractivity contribution in [1.29, 1.82) is 0 Å². The molecule has 19 heavy (non-hydrogen) atoms. The number of pyridine rings is 1. The molecule has 0 saturated carbocycles. The van der Waals surface area contributed by atoms with Crippen LogP contribution in [-0.4, -0.2) is 25.8 Å². The molecule has 0 bridgehead atoms. The summed E-state index contributed by atoms with van der Waals surface area (Å²) in [5.74, 6) is -0.306. The lowest BCUT2D eigenvalue weighted by atomic mass is 10.1. The van der Waals surface area contributed by atoms with Gasteiger partial charge in [0.15, 0.2) is 5.82 Å². The van der Waals surface area contributed by atoms with E-state index in [0.717, 1.165) is 4.47 Å². The number of hydrogen-bond acceptors (Lipinski definition) is 3. The van der Waals surface area contributed by atoms with Gasteiger partial charge in [0.2, 0.25) is 0 Å². The van der Waals surface area contributed by atoms with Gasteiger partial charge in [-0.2, -0.15) is 5.10 Å². The summed E-state index contributed by atoms with van der Waals surface area (Å²) in [7, 11) is 0. The SMILES string of the molecule is CCc1nn(-c2ccc(Br)cn2)c(CC)c1C(=O)O. The summed E-state index contributed by atoms with van der Waals surface area (Å²) in [5.41, 5.74) is 1.57. The van der Waals surface area contributed by atoms with Crippen LogP contribution in [-0.2, 0) is 12.8 Å². The standard InChI is InChI=1S/C13H14BrN3O2/c1-3-9-12(13(18)19)10(4-2)17(16-9)11-6-5-8(14)7-15-11/h5-7H,3-4H2,1-2H3,(H,18,19). The number of halogens is 1. The van der Waals surface area contributed by atoms with Crippen LogP contribution < -0.4 is 0 Å². The number of aromatic nitrogens is 3. The number of hydrogen-bond donors (Lipinski definition) is 1. The van der Waals surface area contributed by atoms with Gasteiger partial charge in [-0.15, -0.1) is 0 Å². The Bertz CT molecular complexity index is 605. The average Bonchev–Trinajstić information content (AvgIpc) is 2.78. The molecule has 2 heterocycles. The van der Waals surface area contributed by atoms with Crippen molar-refractivity contribution in [2.45, 2.75) is 26.7 Å². The van der Waals surface area contributed by atoms with Gasteiger partial charge in [0, 0.05) is 10.7 Å². The predicted molar refractivity (Wildman–Crippen MR) is 74.8 cm³/mol. The normalized spacial score (nSPS) is 10.7. The molecule has 0 aliphatic carbocycles. The van der Waals surface area contributed by atoms with Gasteiger partial charge in [0.05, 0.1) is 11.4 Å². The Morgan fingerprint density at radius 1 is 1.37 bits per heavy atom. The van der Waals surface area contributed by atoms with Crippen LogP contribution in [0.15, 0.2) is 22.8 Å². The molecular formula is C13H14BrN3O2. The number of aryl methyl sites for hydroxylation is 1. The Labute approximate surface area is 119 Å². The first kappa shape index (κ1) is 13.7. The summed E-state index contributed by atoms with van der Waals surface area (Å²) < 4.78 is 2.49. The van der Waals surface area contributed by atoms with Crippen molar-refractivity contribution < 1.29 is 9.90 Å². The molecule has 0 spiro atoms. The van der Waals surface area contributed by atoms with E-state index < -0.39 is 5.97 Å². The Kier molecular flexibility index (Phi) is 3.99. The predicted octanol–water partition coefficient (Wildman–Crippen LogP) is 2.85. The van der Waals surface area contributed by atoms with Gasteiger partial charge < -0.3 is 5.11 Å². The van der Waals surface area contributed by atoms with E-state index in [9.17, 15) is 9.90 Å². The van der Waals surface area contributed by atoms with E-state index in [2.05, 4.69) is 26.0 Å². The van der Waals surface area contributed by atoms with E-state index >= 15 is 0 Å². The fourth-order valence-corrected chi connectivity index (χ4v) is 2.24. The van der Waals surface area contributed by atoms with Crippen molar-refractivity contribution in [2.24, 2.45) is 0 Å². The fourth-order valence-electron chi connectivity index (χ4n) is 2.01. The molecule has 1 N–H and O–H groups in total. The molecule has 6 heteroatoms. The first-order valence-electron chi connectivity index (χ1n) is 6.04. The van der Waals surface area contributed by atoms with Gasteiger partial charge in [0.25, 0.3) is 0 Å². The molecule has 0 aliphatic rings. The highest BCUT2D eigenvalue weighted by atomic mass is 79.9. The molecule has 5 nitrogen and oxygen atoms in total. The van der Waals surface area contributed by atoms with E-state index in [0.29, 0.717) is 35.6 Å². The van der Waals surface area contributed by atoms with Crippen LogP contribution in [0.3, 0.4) is 0 Å². The minimum atomic E-state index is -0.933. The van der Waals surface area contributed by atoms with E-state index in [1.54, 1.807) is 16.9 Å². The largest absolute Gasteiger partial charge is 0.478 e. The first-order chi connectivity index (χ1) is 9.08. The molecular weight excluding hydrogens is 310 g/mol. The lowest BCUT2D eigenvalue weighted by molar-refractivity contribution is 0.0694. The van der Waals surface area contributed by atoms with Gasteiger partial charge >= 0.3 is 5.97 Å². The molecule has 0 radical (unpaired) electrons. The van der Waals surface area contributed by atoms with Gasteiger partial charge in [-0.05, 0) is 40.9 Å². The second-order valence-corrected chi connectivity index (χ2v) is 4.94. The third kappa shape index (κ3) is 2.53. The fraction of sp³-hybridized carbons (Fsp3) is 0.308. The maximum absolute atomic E-state index is 11.4. The van der Waals surface area contributed by atoms with Gasteiger partial charge in [-0.25, -0.2) is 14.5 Å². The number of nitrogens with zero attached hydrogens (tertiary/aromatic N) is 3. The summed E-state index contributed by atoms with van der Waals surface area (Å²) in [6.07, 6.45) is 2.84. The van der Waals surface area contributed by atoms with Crippen molar-refractivity contribution in [1.82, 2.24) is 14.8 Å². The Balaban J connectivity index is 2.63. The van der Waals surface area contributed by atoms with Gasteiger partial charge in [-0.3, -0.25) is 0 Å². The van der Waals surface area contributed by atoms with Crippen molar-refractivity contribution in [2.75, 3.05) is 0 Å². The summed E-state index contributed by atoms with van der Waals surface area (Å²) in [4.78, 5) is 15.6. The molecule has 0 unspecified atom stereocenters.